The minimum atomic E-state index is -3.80. The Morgan fingerprint density at radius 3 is 2.38 bits per heavy atom. The first-order valence-corrected chi connectivity index (χ1v) is 11.1. The highest BCUT2D eigenvalue weighted by Gasteiger charge is 2.48. The highest BCUT2D eigenvalue weighted by Crippen LogP contribution is 2.37. The zero-order valence-corrected chi connectivity index (χ0v) is 14.1. The second-order valence-electron chi connectivity index (χ2n) is 5.28. The fraction of sp³-hybridized carbons (Fsp3) is 0.909. The first-order valence-electron chi connectivity index (χ1n) is 6.76. The molecule has 2 saturated heterocycles. The maximum atomic E-state index is 12.7. The third-order valence-corrected chi connectivity index (χ3v) is 9.60. The predicted molar refractivity (Wildman–Crippen MR) is 80.4 cm³/mol. The van der Waals surface area contributed by atoms with Crippen LogP contribution in [0.25, 0.3) is 0 Å². The molecule has 10 heteroatoms. The summed E-state index contributed by atoms with van der Waals surface area (Å²) in [5, 5.41) is 8.05. The molecule has 0 saturated carbocycles. The van der Waals surface area contributed by atoms with Gasteiger partial charge in [-0.25, -0.2) is 16.8 Å². The normalized spacial score (nSPS) is 31.3. The predicted octanol–water partition coefficient (Wildman–Crippen LogP) is 0.132. The third kappa shape index (κ3) is 3.38. The molecule has 122 valence electrons. The van der Waals surface area contributed by atoms with Gasteiger partial charge in [-0.05, 0) is 19.3 Å². The van der Waals surface area contributed by atoms with Crippen molar-refractivity contribution in [2.45, 2.75) is 42.9 Å². The number of hydrogen-bond acceptors (Lipinski definition) is 6. The Kier molecular flexibility index (Phi) is 4.91. The van der Waals surface area contributed by atoms with Gasteiger partial charge in [0, 0.05) is 5.75 Å². The lowest BCUT2D eigenvalue weighted by Gasteiger charge is -2.31. The van der Waals surface area contributed by atoms with E-state index in [0.717, 1.165) is 4.31 Å². The van der Waals surface area contributed by atoms with Crippen molar-refractivity contribution < 1.29 is 26.7 Å². The zero-order valence-electron chi connectivity index (χ0n) is 11.6. The van der Waals surface area contributed by atoms with E-state index in [-0.39, 0.29) is 35.5 Å². The van der Waals surface area contributed by atoms with Crippen LogP contribution < -0.4 is 0 Å². The maximum Gasteiger partial charge on any atom is 0.322 e. The van der Waals surface area contributed by atoms with Crippen molar-refractivity contribution in [2.75, 3.05) is 17.3 Å². The van der Waals surface area contributed by atoms with E-state index >= 15 is 0 Å². The molecule has 0 aromatic carbocycles. The Hall–Kier alpha value is -0.320. The summed E-state index contributed by atoms with van der Waals surface area (Å²) in [4.78, 5) is 11.3. The Bertz CT molecular complexity index is 600. The van der Waals surface area contributed by atoms with Crippen LogP contribution in [-0.4, -0.2) is 66.1 Å². The minimum absolute atomic E-state index is 0.0502. The fourth-order valence-electron chi connectivity index (χ4n) is 2.71. The molecule has 0 radical (unpaired) electrons. The average molecular weight is 357 g/mol. The van der Waals surface area contributed by atoms with E-state index in [1.54, 1.807) is 0 Å². The Morgan fingerprint density at radius 2 is 1.90 bits per heavy atom. The molecule has 0 amide bonds. The molecule has 21 heavy (non-hydrogen) atoms. The lowest BCUT2D eigenvalue weighted by atomic mass is 10.2. The number of sulfonamides is 1. The van der Waals surface area contributed by atoms with Crippen molar-refractivity contribution in [2.24, 2.45) is 0 Å². The van der Waals surface area contributed by atoms with Crippen molar-refractivity contribution in [3.8, 4) is 0 Å². The van der Waals surface area contributed by atoms with E-state index < -0.39 is 37.1 Å². The number of carboxylic acid groups (broad SMARTS) is 1. The summed E-state index contributed by atoms with van der Waals surface area (Å²) in [5.74, 6) is -1.21. The van der Waals surface area contributed by atoms with Crippen LogP contribution in [-0.2, 0) is 24.7 Å². The van der Waals surface area contributed by atoms with E-state index in [2.05, 4.69) is 0 Å². The summed E-state index contributed by atoms with van der Waals surface area (Å²) in [6, 6.07) is -1.05. The monoisotopic (exact) mass is 357 g/mol. The van der Waals surface area contributed by atoms with Gasteiger partial charge >= 0.3 is 5.97 Å². The van der Waals surface area contributed by atoms with Gasteiger partial charge in [0.05, 0.1) is 22.1 Å². The fourth-order valence-corrected chi connectivity index (χ4v) is 8.54. The van der Waals surface area contributed by atoms with Gasteiger partial charge in [0.25, 0.3) is 0 Å². The van der Waals surface area contributed by atoms with Crippen molar-refractivity contribution in [1.82, 2.24) is 4.31 Å². The molecule has 0 bridgehead atoms. The Balaban J connectivity index is 2.26. The number of thioether (sulfide) groups is 1. The number of sulfone groups is 1. The van der Waals surface area contributed by atoms with Gasteiger partial charge in [-0.15, -0.1) is 11.8 Å². The molecule has 2 heterocycles. The molecular weight excluding hydrogens is 338 g/mol. The molecule has 0 aliphatic carbocycles. The quantitative estimate of drug-likeness (QED) is 0.762. The van der Waals surface area contributed by atoms with E-state index in [4.69, 9.17) is 0 Å². The van der Waals surface area contributed by atoms with Gasteiger partial charge in [-0.2, -0.15) is 4.31 Å². The molecule has 7 nitrogen and oxygen atoms in total. The third-order valence-electron chi connectivity index (χ3n) is 3.89. The van der Waals surface area contributed by atoms with Gasteiger partial charge < -0.3 is 5.11 Å². The lowest BCUT2D eigenvalue weighted by molar-refractivity contribution is -0.140. The smallest absolute Gasteiger partial charge is 0.322 e. The second-order valence-corrected chi connectivity index (χ2v) is 10.9. The summed E-state index contributed by atoms with van der Waals surface area (Å²) in [6.07, 6.45) is 0.627. The number of nitrogens with zero attached hydrogens (tertiary/aromatic N) is 1. The van der Waals surface area contributed by atoms with Crippen LogP contribution in [0.15, 0.2) is 0 Å². The topological polar surface area (TPSA) is 109 Å². The van der Waals surface area contributed by atoms with Crippen molar-refractivity contribution in [1.29, 1.82) is 0 Å². The minimum Gasteiger partial charge on any atom is -0.480 e. The van der Waals surface area contributed by atoms with E-state index in [9.17, 15) is 26.7 Å². The van der Waals surface area contributed by atoms with Gasteiger partial charge in [0.1, 0.15) is 15.9 Å². The van der Waals surface area contributed by atoms with Gasteiger partial charge in [0.15, 0.2) is 0 Å². The summed E-state index contributed by atoms with van der Waals surface area (Å²) in [7, 11) is -6.95. The number of carbonyl (C=O) groups is 1. The van der Waals surface area contributed by atoms with E-state index in [1.165, 1.54) is 11.8 Å². The molecule has 0 spiro atoms. The number of carboxylic acids is 1. The SMILES string of the molecule is CCC1SCC(C(=O)O)N1S(=O)(=O)C1CCS(=O)(=O)CC1. The molecule has 2 aliphatic rings. The summed E-state index contributed by atoms with van der Waals surface area (Å²) in [6.45, 7) is 1.82. The molecule has 2 rings (SSSR count). The van der Waals surface area contributed by atoms with Crippen LogP contribution in [0.4, 0.5) is 0 Å². The Labute approximate surface area is 129 Å². The number of aliphatic carboxylic acids is 1. The van der Waals surface area contributed by atoms with Crippen LogP contribution in [0.5, 0.6) is 0 Å². The molecular formula is C11H19NO6S3. The van der Waals surface area contributed by atoms with Gasteiger partial charge in [-0.1, -0.05) is 6.92 Å². The summed E-state index contributed by atoms with van der Waals surface area (Å²) < 4.78 is 49.4. The largest absolute Gasteiger partial charge is 0.480 e. The summed E-state index contributed by atoms with van der Waals surface area (Å²) >= 11 is 1.33. The van der Waals surface area contributed by atoms with Crippen molar-refractivity contribution in [3.63, 3.8) is 0 Å². The van der Waals surface area contributed by atoms with Crippen molar-refractivity contribution in [3.05, 3.63) is 0 Å². The van der Waals surface area contributed by atoms with E-state index in [1.807, 2.05) is 6.92 Å². The zero-order chi connectivity index (χ0) is 15.8. The first kappa shape index (κ1) is 17.0. The molecule has 0 aromatic rings. The summed E-state index contributed by atoms with van der Waals surface area (Å²) in [5.41, 5.74) is 0. The standard InChI is InChI=1S/C11H19NO6S3/c1-2-10-12(9(7-19-10)11(13)14)21(17,18)8-3-5-20(15,16)6-4-8/h8-10H,2-7H2,1H3,(H,13,14). The Morgan fingerprint density at radius 1 is 1.33 bits per heavy atom. The molecule has 1 N–H and O–H groups in total. The van der Waals surface area contributed by atoms with Crippen LogP contribution in [0.2, 0.25) is 0 Å². The maximum absolute atomic E-state index is 12.7. The highest BCUT2D eigenvalue weighted by atomic mass is 32.2. The highest BCUT2D eigenvalue weighted by molar-refractivity contribution is 8.01. The van der Waals surface area contributed by atoms with Crippen LogP contribution >= 0.6 is 11.8 Å². The van der Waals surface area contributed by atoms with Gasteiger partial charge in [0.2, 0.25) is 10.0 Å². The average Bonchev–Trinajstić information content (AvgIpc) is 2.82. The molecule has 2 unspecified atom stereocenters. The van der Waals surface area contributed by atoms with E-state index in [0.29, 0.717) is 6.42 Å². The van der Waals surface area contributed by atoms with Crippen LogP contribution in [0.1, 0.15) is 26.2 Å². The number of rotatable bonds is 4. The molecule has 2 atom stereocenters. The molecule has 0 aromatic heterocycles. The first-order chi connectivity index (χ1) is 9.69. The molecule has 2 aliphatic heterocycles. The van der Waals surface area contributed by atoms with Crippen molar-refractivity contribution >= 4 is 37.6 Å². The van der Waals surface area contributed by atoms with Crippen LogP contribution in [0.3, 0.4) is 0 Å². The lowest BCUT2D eigenvalue weighted by Crippen LogP contribution is -2.50. The van der Waals surface area contributed by atoms with Gasteiger partial charge in [-0.3, -0.25) is 4.79 Å². The second kappa shape index (κ2) is 6.05. The van der Waals surface area contributed by atoms with Crippen LogP contribution in [0, 0.1) is 0 Å². The molecule has 2 fully saturated rings. The number of hydrogen-bond donors (Lipinski definition) is 1.